The van der Waals surface area contributed by atoms with Crippen molar-refractivity contribution in [3.63, 3.8) is 0 Å². The van der Waals surface area contributed by atoms with Gasteiger partial charge in [-0.1, -0.05) is 0 Å². The van der Waals surface area contributed by atoms with Gasteiger partial charge in [-0.3, -0.25) is 4.79 Å². The first-order chi connectivity index (χ1) is 7.37. The van der Waals surface area contributed by atoms with Crippen molar-refractivity contribution in [2.24, 2.45) is 5.73 Å². The molecule has 16 heavy (non-hydrogen) atoms. The molecule has 0 saturated carbocycles. The van der Waals surface area contributed by atoms with Crippen LogP contribution in [0, 0.1) is 0 Å². The molecule has 7 heteroatoms. The first kappa shape index (κ1) is 15.3. The van der Waals surface area contributed by atoms with Gasteiger partial charge in [-0.05, 0) is 19.3 Å². The predicted octanol–water partition coefficient (Wildman–Crippen LogP) is -1.36. The zero-order valence-electron chi connectivity index (χ0n) is 9.48. The van der Waals surface area contributed by atoms with E-state index in [1.54, 1.807) is 0 Å². The first-order valence-corrected chi connectivity index (χ1v) is 7.24. The summed E-state index contributed by atoms with van der Waals surface area (Å²) in [7, 11) is -3.07. The van der Waals surface area contributed by atoms with Crippen LogP contribution in [0.4, 0.5) is 0 Å². The van der Waals surface area contributed by atoms with Crippen LogP contribution in [0.5, 0.6) is 0 Å². The molecule has 0 bridgehead atoms. The molecular weight excluding hydrogens is 232 g/mol. The van der Waals surface area contributed by atoms with Crippen molar-refractivity contribution >= 4 is 15.7 Å². The molecule has 96 valence electrons. The van der Waals surface area contributed by atoms with Gasteiger partial charge in [0.15, 0.2) is 0 Å². The smallest absolute Gasteiger partial charge is 0.236 e. The third-order valence-corrected chi connectivity index (χ3v) is 3.00. The Hall–Kier alpha value is -0.660. The first-order valence-electron chi connectivity index (χ1n) is 5.18. The highest BCUT2D eigenvalue weighted by molar-refractivity contribution is 7.90. The highest BCUT2D eigenvalue weighted by Crippen LogP contribution is 1.94. The Balaban J connectivity index is 3.74. The lowest BCUT2D eigenvalue weighted by atomic mass is 10.2. The summed E-state index contributed by atoms with van der Waals surface area (Å²) in [6, 6.07) is -0.788. The van der Waals surface area contributed by atoms with Crippen LogP contribution >= 0.6 is 0 Å². The standard InChI is InChI=1S/C9H20N2O4S/c1-16(14,15)7-4-8(10)9(13)11-5-2-3-6-12/h8,12H,2-7,10H2,1H3,(H,11,13). The number of aliphatic hydroxyl groups excluding tert-OH is 1. The zero-order valence-corrected chi connectivity index (χ0v) is 10.3. The highest BCUT2D eigenvalue weighted by atomic mass is 32.2. The molecule has 0 fully saturated rings. The molecule has 0 radical (unpaired) electrons. The quantitative estimate of drug-likeness (QED) is 0.462. The molecule has 6 nitrogen and oxygen atoms in total. The minimum absolute atomic E-state index is 0.0851. The Morgan fingerprint density at radius 2 is 2.06 bits per heavy atom. The lowest BCUT2D eigenvalue weighted by Gasteiger charge is -2.11. The summed E-state index contributed by atoms with van der Waals surface area (Å²) in [5.74, 6) is -0.431. The number of carbonyl (C=O) groups excluding carboxylic acids is 1. The van der Waals surface area contributed by atoms with Crippen molar-refractivity contribution in [3.8, 4) is 0 Å². The van der Waals surface area contributed by atoms with Gasteiger partial charge in [-0.25, -0.2) is 8.42 Å². The minimum Gasteiger partial charge on any atom is -0.396 e. The lowest BCUT2D eigenvalue weighted by molar-refractivity contribution is -0.122. The fraction of sp³-hybridized carbons (Fsp3) is 0.889. The molecule has 1 amide bonds. The van der Waals surface area contributed by atoms with Crippen molar-refractivity contribution in [2.45, 2.75) is 25.3 Å². The van der Waals surface area contributed by atoms with Crippen molar-refractivity contribution in [3.05, 3.63) is 0 Å². The van der Waals surface area contributed by atoms with E-state index in [1.165, 1.54) is 0 Å². The summed E-state index contributed by atoms with van der Waals surface area (Å²) in [4.78, 5) is 11.3. The van der Waals surface area contributed by atoms with E-state index in [0.717, 1.165) is 6.26 Å². The Morgan fingerprint density at radius 1 is 1.44 bits per heavy atom. The molecule has 0 heterocycles. The second-order valence-corrected chi connectivity index (χ2v) is 6.01. The van der Waals surface area contributed by atoms with E-state index in [1.807, 2.05) is 0 Å². The highest BCUT2D eigenvalue weighted by Gasteiger charge is 2.15. The molecule has 0 aliphatic heterocycles. The maximum absolute atomic E-state index is 11.3. The second-order valence-electron chi connectivity index (χ2n) is 3.75. The third kappa shape index (κ3) is 8.63. The molecule has 0 aromatic carbocycles. The van der Waals surface area contributed by atoms with Crippen LogP contribution in [0.15, 0.2) is 0 Å². The SMILES string of the molecule is CS(=O)(=O)CCC(N)C(=O)NCCCCO. The maximum atomic E-state index is 11.3. The van der Waals surface area contributed by atoms with Crippen molar-refractivity contribution in [2.75, 3.05) is 25.2 Å². The third-order valence-electron chi connectivity index (χ3n) is 2.02. The molecule has 0 aromatic rings. The Bertz CT molecular complexity index is 303. The van der Waals surface area contributed by atoms with Crippen LogP contribution < -0.4 is 11.1 Å². The summed E-state index contributed by atoms with van der Waals surface area (Å²) in [5, 5.41) is 11.1. The number of hydrogen-bond donors (Lipinski definition) is 3. The van der Waals surface area contributed by atoms with Crippen molar-refractivity contribution in [1.29, 1.82) is 0 Å². The van der Waals surface area contributed by atoms with Crippen LogP contribution in [0.3, 0.4) is 0 Å². The van der Waals surface area contributed by atoms with Gasteiger partial charge in [-0.15, -0.1) is 0 Å². The van der Waals surface area contributed by atoms with Crippen molar-refractivity contribution in [1.82, 2.24) is 5.32 Å². The van der Waals surface area contributed by atoms with Gasteiger partial charge < -0.3 is 16.2 Å². The average molecular weight is 252 g/mol. The molecular formula is C9H20N2O4S. The predicted molar refractivity (Wildman–Crippen MR) is 61.6 cm³/mol. The van der Waals surface area contributed by atoms with Crippen LogP contribution in [0.1, 0.15) is 19.3 Å². The lowest BCUT2D eigenvalue weighted by Crippen LogP contribution is -2.41. The minimum atomic E-state index is -3.07. The van der Waals surface area contributed by atoms with Crippen LogP contribution in [0.2, 0.25) is 0 Å². The van der Waals surface area contributed by atoms with Gasteiger partial charge in [-0.2, -0.15) is 0 Å². The number of hydrogen-bond acceptors (Lipinski definition) is 5. The summed E-state index contributed by atoms with van der Waals surface area (Å²) in [6.07, 6.45) is 2.55. The molecule has 1 unspecified atom stereocenters. The topological polar surface area (TPSA) is 109 Å². The van der Waals surface area contributed by atoms with Gasteiger partial charge >= 0.3 is 0 Å². The summed E-state index contributed by atoms with van der Waals surface area (Å²) in [5.41, 5.74) is 5.51. The Kier molecular flexibility index (Phi) is 7.27. The molecule has 0 aliphatic carbocycles. The van der Waals surface area contributed by atoms with E-state index < -0.39 is 15.9 Å². The van der Waals surface area contributed by atoms with Crippen molar-refractivity contribution < 1.29 is 18.3 Å². The van der Waals surface area contributed by atoms with Gasteiger partial charge in [0.2, 0.25) is 5.91 Å². The number of rotatable bonds is 8. The Morgan fingerprint density at radius 3 is 2.56 bits per heavy atom. The fourth-order valence-electron chi connectivity index (χ4n) is 1.05. The van der Waals surface area contributed by atoms with Crippen LogP contribution in [-0.4, -0.2) is 50.6 Å². The number of nitrogens with two attached hydrogens (primary N) is 1. The molecule has 0 aromatic heterocycles. The van der Waals surface area contributed by atoms with E-state index in [2.05, 4.69) is 5.32 Å². The van der Waals surface area contributed by atoms with E-state index in [9.17, 15) is 13.2 Å². The van der Waals surface area contributed by atoms with E-state index in [0.29, 0.717) is 19.4 Å². The zero-order chi connectivity index (χ0) is 12.6. The number of sulfone groups is 1. The molecule has 1 atom stereocenters. The Labute approximate surface area is 96.1 Å². The molecule has 0 saturated heterocycles. The molecule has 4 N–H and O–H groups in total. The van der Waals surface area contributed by atoms with Gasteiger partial charge in [0.25, 0.3) is 0 Å². The number of amides is 1. The average Bonchev–Trinajstić information content (AvgIpc) is 2.19. The summed E-state index contributed by atoms with van der Waals surface area (Å²) < 4.78 is 21.7. The van der Waals surface area contributed by atoms with Gasteiger partial charge in [0.05, 0.1) is 11.8 Å². The monoisotopic (exact) mass is 252 g/mol. The number of carbonyl (C=O) groups is 1. The van der Waals surface area contributed by atoms with Crippen LogP contribution in [0.25, 0.3) is 0 Å². The van der Waals surface area contributed by atoms with E-state index in [-0.39, 0.29) is 24.7 Å². The molecule has 0 rings (SSSR count). The van der Waals surface area contributed by atoms with E-state index in [4.69, 9.17) is 10.8 Å². The largest absolute Gasteiger partial charge is 0.396 e. The summed E-state index contributed by atoms with van der Waals surface area (Å²) in [6.45, 7) is 0.544. The maximum Gasteiger partial charge on any atom is 0.236 e. The summed E-state index contributed by atoms with van der Waals surface area (Å²) >= 11 is 0. The number of nitrogens with one attached hydrogen (secondary N) is 1. The van der Waals surface area contributed by atoms with E-state index >= 15 is 0 Å². The molecule has 0 aliphatic rings. The molecule has 0 spiro atoms. The normalized spacial score (nSPS) is 13.4. The fourth-order valence-corrected chi connectivity index (χ4v) is 1.73. The number of unbranched alkanes of at least 4 members (excludes halogenated alkanes) is 1. The van der Waals surface area contributed by atoms with Gasteiger partial charge in [0, 0.05) is 19.4 Å². The second kappa shape index (κ2) is 7.59. The number of aliphatic hydroxyl groups is 1. The van der Waals surface area contributed by atoms with Gasteiger partial charge in [0.1, 0.15) is 9.84 Å². The van der Waals surface area contributed by atoms with Crippen LogP contribution in [-0.2, 0) is 14.6 Å².